The molecule has 0 radical (unpaired) electrons. The zero-order valence-corrected chi connectivity index (χ0v) is 13.0. The lowest BCUT2D eigenvalue weighted by Gasteiger charge is -2.22. The van der Waals surface area contributed by atoms with Crippen LogP contribution in [-0.4, -0.2) is 37.2 Å². The largest absolute Gasteiger partial charge is 0.342 e. The van der Waals surface area contributed by atoms with Gasteiger partial charge in [0.1, 0.15) is 11.3 Å². The number of rotatable bonds is 4. The zero-order valence-electron chi connectivity index (χ0n) is 12.2. The van der Waals surface area contributed by atoms with Gasteiger partial charge in [0.05, 0.1) is 10.4 Å². The smallest absolute Gasteiger partial charge is 0.177 e. The molecule has 1 fully saturated rings. The van der Waals surface area contributed by atoms with E-state index < -0.39 is 9.84 Å². The quantitative estimate of drug-likeness (QED) is 0.906. The molecule has 1 atom stereocenters. The minimum Gasteiger partial charge on any atom is -0.342 e. The van der Waals surface area contributed by atoms with Crippen molar-refractivity contribution < 1.29 is 8.42 Å². The molecule has 1 aromatic heterocycles. The average Bonchev–Trinajstić information content (AvgIpc) is 2.87. The summed E-state index contributed by atoms with van der Waals surface area (Å²) in [4.78, 5) is 8.05. The second-order valence-electron chi connectivity index (χ2n) is 5.79. The van der Waals surface area contributed by atoms with Gasteiger partial charge in [0.2, 0.25) is 0 Å². The van der Waals surface area contributed by atoms with E-state index in [2.05, 4.69) is 15.3 Å². The van der Waals surface area contributed by atoms with Crippen LogP contribution in [0.1, 0.15) is 31.5 Å². The Bertz CT molecular complexity index is 730. The molecule has 2 aromatic rings. The number of imidazole rings is 1. The van der Waals surface area contributed by atoms with Crippen molar-refractivity contribution in [1.29, 1.82) is 0 Å². The summed E-state index contributed by atoms with van der Waals surface area (Å²) in [6.07, 6.45) is 6.87. The Balaban J connectivity index is 1.81. The molecule has 0 saturated carbocycles. The highest BCUT2D eigenvalue weighted by Crippen LogP contribution is 2.22. The van der Waals surface area contributed by atoms with Crippen LogP contribution in [0.15, 0.2) is 23.1 Å². The Morgan fingerprint density at radius 1 is 1.33 bits per heavy atom. The summed E-state index contributed by atoms with van der Waals surface area (Å²) in [5.41, 5.74) is 1.36. The molecule has 2 N–H and O–H groups in total. The topological polar surface area (TPSA) is 74.8 Å². The number of nitrogens with zero attached hydrogens (tertiary/aromatic N) is 1. The first-order chi connectivity index (χ1) is 10.0. The van der Waals surface area contributed by atoms with Crippen LogP contribution in [0.3, 0.4) is 0 Å². The Kier molecular flexibility index (Phi) is 3.99. The van der Waals surface area contributed by atoms with Gasteiger partial charge < -0.3 is 10.3 Å². The number of sulfone groups is 1. The molecule has 1 saturated heterocycles. The lowest BCUT2D eigenvalue weighted by atomic mass is 10.0. The summed E-state index contributed by atoms with van der Waals surface area (Å²) in [6, 6.07) is 5.80. The molecule has 1 aromatic carbocycles. The van der Waals surface area contributed by atoms with Crippen LogP contribution in [0, 0.1) is 0 Å². The summed E-state index contributed by atoms with van der Waals surface area (Å²) >= 11 is 0. The molecule has 0 spiro atoms. The van der Waals surface area contributed by atoms with Crippen molar-refractivity contribution in [3.8, 4) is 0 Å². The summed E-state index contributed by atoms with van der Waals surface area (Å²) < 4.78 is 23.6. The Morgan fingerprint density at radius 3 is 2.90 bits per heavy atom. The second kappa shape index (κ2) is 5.77. The maximum absolute atomic E-state index is 11.8. The van der Waals surface area contributed by atoms with E-state index in [9.17, 15) is 8.42 Å². The van der Waals surface area contributed by atoms with Crippen molar-refractivity contribution >= 4 is 20.9 Å². The number of fused-ring (bicyclic) bond motifs is 1. The van der Waals surface area contributed by atoms with Crippen LogP contribution >= 0.6 is 0 Å². The third kappa shape index (κ3) is 3.27. The molecule has 0 aliphatic carbocycles. The highest BCUT2D eigenvalue weighted by atomic mass is 32.2. The molecule has 21 heavy (non-hydrogen) atoms. The molecule has 0 bridgehead atoms. The van der Waals surface area contributed by atoms with Crippen molar-refractivity contribution in [2.45, 2.75) is 43.0 Å². The maximum Gasteiger partial charge on any atom is 0.177 e. The summed E-state index contributed by atoms with van der Waals surface area (Å²) in [5.74, 6) is 0.869. The number of aromatic nitrogens is 2. The number of hydrogen-bond acceptors (Lipinski definition) is 4. The van der Waals surface area contributed by atoms with Gasteiger partial charge in [0, 0.05) is 18.7 Å². The molecule has 114 valence electrons. The number of hydrogen-bond donors (Lipinski definition) is 2. The lowest BCUT2D eigenvalue weighted by molar-refractivity contribution is 0.381. The molecule has 0 amide bonds. The third-order valence-electron chi connectivity index (χ3n) is 4.07. The predicted molar refractivity (Wildman–Crippen MR) is 83.2 cm³/mol. The Labute approximate surface area is 125 Å². The second-order valence-corrected chi connectivity index (χ2v) is 7.78. The minimum absolute atomic E-state index is 0.304. The highest BCUT2D eigenvalue weighted by molar-refractivity contribution is 7.91. The zero-order chi connectivity index (χ0) is 14.9. The van der Waals surface area contributed by atoms with E-state index in [4.69, 9.17) is 0 Å². The van der Waals surface area contributed by atoms with Crippen molar-refractivity contribution in [2.24, 2.45) is 0 Å². The predicted octanol–water partition coefficient (Wildman–Crippen LogP) is 2.04. The number of H-pyrrole nitrogens is 1. The van der Waals surface area contributed by atoms with Gasteiger partial charge in [0.15, 0.2) is 9.84 Å². The SMILES string of the molecule is CS(=O)(=O)c1cccc2[nH]c(CCC3CCCCN3)nc12. The molecule has 1 unspecified atom stereocenters. The van der Waals surface area contributed by atoms with Crippen LogP contribution in [-0.2, 0) is 16.3 Å². The minimum atomic E-state index is -3.25. The summed E-state index contributed by atoms with van der Waals surface area (Å²) in [5, 5.41) is 3.52. The van der Waals surface area contributed by atoms with Gasteiger partial charge in [-0.1, -0.05) is 12.5 Å². The van der Waals surface area contributed by atoms with E-state index >= 15 is 0 Å². The number of aryl methyl sites for hydroxylation is 1. The average molecular weight is 307 g/mol. The van der Waals surface area contributed by atoms with E-state index in [1.54, 1.807) is 12.1 Å². The third-order valence-corrected chi connectivity index (χ3v) is 5.19. The van der Waals surface area contributed by atoms with Gasteiger partial charge in [-0.3, -0.25) is 0 Å². The van der Waals surface area contributed by atoms with Crippen molar-refractivity contribution in [3.05, 3.63) is 24.0 Å². The first kappa shape index (κ1) is 14.5. The van der Waals surface area contributed by atoms with E-state index in [0.717, 1.165) is 30.7 Å². The maximum atomic E-state index is 11.8. The fourth-order valence-electron chi connectivity index (χ4n) is 2.96. The van der Waals surface area contributed by atoms with Crippen LogP contribution in [0.5, 0.6) is 0 Å². The van der Waals surface area contributed by atoms with E-state index in [1.165, 1.54) is 25.5 Å². The fraction of sp³-hybridized carbons (Fsp3) is 0.533. The van der Waals surface area contributed by atoms with Gasteiger partial charge in [-0.2, -0.15) is 0 Å². The van der Waals surface area contributed by atoms with Crippen molar-refractivity contribution in [2.75, 3.05) is 12.8 Å². The van der Waals surface area contributed by atoms with Gasteiger partial charge in [-0.15, -0.1) is 0 Å². The van der Waals surface area contributed by atoms with Crippen LogP contribution in [0.4, 0.5) is 0 Å². The summed E-state index contributed by atoms with van der Waals surface area (Å²) in [6.45, 7) is 1.10. The van der Waals surface area contributed by atoms with Gasteiger partial charge in [0.25, 0.3) is 0 Å². The molecule has 5 nitrogen and oxygen atoms in total. The number of piperidine rings is 1. The van der Waals surface area contributed by atoms with Crippen LogP contribution in [0.2, 0.25) is 0 Å². The molecule has 1 aliphatic heterocycles. The lowest BCUT2D eigenvalue weighted by Crippen LogP contribution is -2.34. The van der Waals surface area contributed by atoms with Crippen LogP contribution in [0.25, 0.3) is 11.0 Å². The van der Waals surface area contributed by atoms with E-state index in [-0.39, 0.29) is 0 Å². The molecular weight excluding hydrogens is 286 g/mol. The molecule has 1 aliphatic rings. The van der Waals surface area contributed by atoms with Crippen molar-refractivity contribution in [1.82, 2.24) is 15.3 Å². The molecular formula is C15H21N3O2S. The Morgan fingerprint density at radius 2 is 2.19 bits per heavy atom. The fourth-order valence-corrected chi connectivity index (χ4v) is 3.79. The van der Waals surface area contributed by atoms with Crippen LogP contribution < -0.4 is 5.32 Å². The number of aromatic amines is 1. The van der Waals surface area contributed by atoms with E-state index in [1.807, 2.05) is 6.07 Å². The number of benzene rings is 1. The standard InChI is InChI=1S/C15H21N3O2S/c1-21(19,20)13-7-4-6-12-15(13)18-14(17-12)9-8-11-5-2-3-10-16-11/h4,6-7,11,16H,2-3,5,8-10H2,1H3,(H,17,18). The van der Waals surface area contributed by atoms with Crippen molar-refractivity contribution in [3.63, 3.8) is 0 Å². The molecule has 6 heteroatoms. The number of nitrogens with one attached hydrogen (secondary N) is 2. The van der Waals surface area contributed by atoms with E-state index in [0.29, 0.717) is 16.5 Å². The highest BCUT2D eigenvalue weighted by Gasteiger charge is 2.16. The first-order valence-electron chi connectivity index (χ1n) is 7.45. The first-order valence-corrected chi connectivity index (χ1v) is 9.34. The normalized spacial score (nSPS) is 20.0. The van der Waals surface area contributed by atoms with Gasteiger partial charge in [-0.25, -0.2) is 13.4 Å². The van der Waals surface area contributed by atoms with Gasteiger partial charge >= 0.3 is 0 Å². The molecule has 3 rings (SSSR count). The van der Waals surface area contributed by atoms with Gasteiger partial charge in [-0.05, 0) is 37.9 Å². The molecule has 2 heterocycles. The Hall–Kier alpha value is -1.40. The monoisotopic (exact) mass is 307 g/mol. The summed E-state index contributed by atoms with van der Waals surface area (Å²) in [7, 11) is -3.25. The number of para-hydroxylation sites is 1.